The third-order valence-corrected chi connectivity index (χ3v) is 3.59. The molecule has 0 radical (unpaired) electrons. The molecule has 144 valence electrons. The number of nitriles is 1. The van der Waals surface area contributed by atoms with Crippen molar-refractivity contribution in [2.75, 3.05) is 11.9 Å². The van der Waals surface area contributed by atoms with E-state index in [1.54, 1.807) is 13.0 Å². The second-order valence-corrected chi connectivity index (χ2v) is 5.51. The van der Waals surface area contributed by atoms with Gasteiger partial charge in [-0.25, -0.2) is 4.79 Å². The normalized spacial score (nSPS) is 11.5. The number of anilines is 1. The van der Waals surface area contributed by atoms with Gasteiger partial charge in [0.05, 0.1) is 17.7 Å². The van der Waals surface area contributed by atoms with Gasteiger partial charge in [0.15, 0.2) is 0 Å². The van der Waals surface area contributed by atoms with Gasteiger partial charge in [0.1, 0.15) is 11.6 Å². The maximum Gasteiger partial charge on any atom is 0.416 e. The number of hydrogen-bond donors (Lipinski definition) is 1. The number of ether oxygens (including phenoxy) is 1. The van der Waals surface area contributed by atoms with Gasteiger partial charge in [0.25, 0.3) is 5.91 Å². The van der Waals surface area contributed by atoms with Crippen LogP contribution in [0.3, 0.4) is 0 Å². The van der Waals surface area contributed by atoms with Crippen molar-refractivity contribution < 1.29 is 27.5 Å². The van der Waals surface area contributed by atoms with Crippen LogP contribution >= 0.6 is 0 Å². The minimum atomic E-state index is -4.62. The fraction of sp³-hybridized carbons (Fsp3) is 0.150. The molecule has 0 aliphatic rings. The fourth-order valence-corrected chi connectivity index (χ4v) is 2.29. The maximum absolute atomic E-state index is 13.1. The predicted molar refractivity (Wildman–Crippen MR) is 96.1 cm³/mol. The van der Waals surface area contributed by atoms with E-state index in [0.717, 1.165) is 12.1 Å². The van der Waals surface area contributed by atoms with Gasteiger partial charge in [-0.1, -0.05) is 18.2 Å². The summed E-state index contributed by atoms with van der Waals surface area (Å²) in [6, 6.07) is 11.9. The van der Waals surface area contributed by atoms with Crippen LogP contribution in [0.2, 0.25) is 0 Å². The van der Waals surface area contributed by atoms with Crippen LogP contribution in [0, 0.1) is 11.3 Å². The number of hydrogen-bond acceptors (Lipinski definition) is 4. The molecule has 8 heteroatoms. The minimum Gasteiger partial charge on any atom is -0.462 e. The Labute approximate surface area is 159 Å². The zero-order valence-corrected chi connectivity index (χ0v) is 14.7. The summed E-state index contributed by atoms with van der Waals surface area (Å²) in [5.74, 6) is -1.40. The number of amides is 1. The molecule has 0 saturated heterocycles. The summed E-state index contributed by atoms with van der Waals surface area (Å²) >= 11 is 0. The summed E-state index contributed by atoms with van der Waals surface area (Å²) in [5, 5.41) is 11.6. The molecular formula is C20H15F3N2O3. The first-order chi connectivity index (χ1) is 13.3. The number of nitrogens with one attached hydrogen (secondary N) is 1. The zero-order chi connectivity index (χ0) is 20.7. The van der Waals surface area contributed by atoms with Crippen molar-refractivity contribution in [1.82, 2.24) is 0 Å². The van der Waals surface area contributed by atoms with Crippen molar-refractivity contribution in [1.29, 1.82) is 5.26 Å². The van der Waals surface area contributed by atoms with Crippen LogP contribution < -0.4 is 5.32 Å². The zero-order valence-electron chi connectivity index (χ0n) is 14.7. The highest BCUT2D eigenvalue weighted by Gasteiger charge is 2.32. The highest BCUT2D eigenvalue weighted by molar-refractivity contribution is 6.09. The fourth-order valence-electron chi connectivity index (χ4n) is 2.29. The average Bonchev–Trinajstić information content (AvgIpc) is 2.66. The van der Waals surface area contributed by atoms with Crippen LogP contribution in [0.5, 0.6) is 0 Å². The number of halogens is 3. The number of carbonyl (C=O) groups excluding carboxylic acids is 2. The van der Waals surface area contributed by atoms with Gasteiger partial charge >= 0.3 is 12.1 Å². The number of carbonyl (C=O) groups is 2. The monoisotopic (exact) mass is 388 g/mol. The summed E-state index contributed by atoms with van der Waals surface area (Å²) in [6.45, 7) is 1.88. The molecule has 2 rings (SSSR count). The van der Waals surface area contributed by atoms with Gasteiger partial charge in [-0.3, -0.25) is 4.79 Å². The third-order valence-electron chi connectivity index (χ3n) is 3.59. The second kappa shape index (κ2) is 8.86. The van der Waals surface area contributed by atoms with E-state index in [4.69, 9.17) is 4.74 Å². The average molecular weight is 388 g/mol. The topological polar surface area (TPSA) is 79.2 Å². The molecule has 0 saturated carbocycles. The molecule has 0 aliphatic heterocycles. The van der Waals surface area contributed by atoms with Crippen LogP contribution in [-0.4, -0.2) is 18.5 Å². The van der Waals surface area contributed by atoms with Crippen molar-refractivity contribution >= 4 is 23.6 Å². The molecule has 0 aliphatic carbocycles. The summed E-state index contributed by atoms with van der Waals surface area (Å²) in [7, 11) is 0. The predicted octanol–water partition coefficient (Wildman–Crippen LogP) is 4.43. The lowest BCUT2D eigenvalue weighted by Crippen LogP contribution is -2.14. The van der Waals surface area contributed by atoms with Gasteiger partial charge < -0.3 is 10.1 Å². The first-order valence-corrected chi connectivity index (χ1v) is 8.12. The lowest BCUT2D eigenvalue weighted by Gasteiger charge is -2.10. The standard InChI is InChI=1S/C20H15F3N2O3/c1-2-28-19(27)13-7-9-16(10-8-13)25-18(26)15(12-24)11-14-5-3-4-6-17(14)20(21,22)23/h3-11H,2H2,1H3,(H,25,26)/b15-11-. The van der Waals surface area contributed by atoms with Crippen molar-refractivity contribution in [3.8, 4) is 6.07 Å². The lowest BCUT2D eigenvalue weighted by atomic mass is 10.0. The van der Waals surface area contributed by atoms with Crippen LogP contribution in [0.4, 0.5) is 18.9 Å². The van der Waals surface area contributed by atoms with E-state index in [1.807, 2.05) is 0 Å². The summed E-state index contributed by atoms with van der Waals surface area (Å²) < 4.78 is 44.0. The highest BCUT2D eigenvalue weighted by Crippen LogP contribution is 2.32. The Morgan fingerprint density at radius 2 is 1.79 bits per heavy atom. The Balaban J connectivity index is 2.22. The summed E-state index contributed by atoms with van der Waals surface area (Å²) in [4.78, 5) is 23.9. The van der Waals surface area contributed by atoms with E-state index in [2.05, 4.69) is 5.32 Å². The molecule has 0 spiro atoms. The van der Waals surface area contributed by atoms with Gasteiger partial charge in [-0.05, 0) is 48.9 Å². The molecule has 0 heterocycles. The maximum atomic E-state index is 13.1. The van der Waals surface area contributed by atoms with Gasteiger partial charge in [-0.2, -0.15) is 18.4 Å². The molecule has 2 aromatic carbocycles. The van der Waals surface area contributed by atoms with Gasteiger partial charge in [0, 0.05) is 5.69 Å². The number of alkyl halides is 3. The van der Waals surface area contributed by atoms with E-state index < -0.39 is 29.2 Å². The smallest absolute Gasteiger partial charge is 0.416 e. The first kappa shape index (κ1) is 20.7. The minimum absolute atomic E-state index is 0.215. The first-order valence-electron chi connectivity index (χ1n) is 8.12. The number of benzene rings is 2. The molecule has 5 nitrogen and oxygen atoms in total. The Bertz CT molecular complexity index is 942. The molecular weight excluding hydrogens is 373 g/mol. The Morgan fingerprint density at radius 3 is 2.36 bits per heavy atom. The van der Waals surface area contributed by atoms with Crippen molar-refractivity contribution in [2.45, 2.75) is 13.1 Å². The van der Waals surface area contributed by atoms with Crippen molar-refractivity contribution in [3.63, 3.8) is 0 Å². The van der Waals surface area contributed by atoms with E-state index in [1.165, 1.54) is 42.5 Å². The van der Waals surface area contributed by atoms with Crippen LogP contribution in [0.25, 0.3) is 6.08 Å². The molecule has 1 N–H and O–H groups in total. The molecule has 2 aromatic rings. The number of rotatable bonds is 5. The van der Waals surface area contributed by atoms with Crippen LogP contribution in [0.15, 0.2) is 54.1 Å². The van der Waals surface area contributed by atoms with Crippen LogP contribution in [0.1, 0.15) is 28.4 Å². The molecule has 0 aromatic heterocycles. The summed E-state index contributed by atoms with van der Waals surface area (Å²) in [5.41, 5.74) is -1.20. The quantitative estimate of drug-likeness (QED) is 0.467. The molecule has 0 fully saturated rings. The Kier molecular flexibility index (Phi) is 6.55. The molecule has 0 unspecified atom stereocenters. The van der Waals surface area contributed by atoms with E-state index in [9.17, 15) is 28.0 Å². The molecule has 1 amide bonds. The highest BCUT2D eigenvalue weighted by atomic mass is 19.4. The van der Waals surface area contributed by atoms with Crippen molar-refractivity contribution in [3.05, 3.63) is 70.8 Å². The molecule has 0 atom stereocenters. The van der Waals surface area contributed by atoms with Crippen molar-refractivity contribution in [2.24, 2.45) is 0 Å². The van der Waals surface area contributed by atoms with Crippen LogP contribution in [-0.2, 0) is 15.7 Å². The molecule has 28 heavy (non-hydrogen) atoms. The summed E-state index contributed by atoms with van der Waals surface area (Å²) in [6.07, 6.45) is -3.74. The molecule has 0 bridgehead atoms. The lowest BCUT2D eigenvalue weighted by molar-refractivity contribution is -0.137. The SMILES string of the molecule is CCOC(=O)c1ccc(NC(=O)/C(C#N)=C\c2ccccc2C(F)(F)F)cc1. The number of nitrogens with zero attached hydrogens (tertiary/aromatic N) is 1. The van der Waals surface area contributed by atoms with E-state index in [-0.39, 0.29) is 23.4 Å². The van der Waals surface area contributed by atoms with Gasteiger partial charge in [0.2, 0.25) is 0 Å². The van der Waals surface area contributed by atoms with E-state index >= 15 is 0 Å². The van der Waals surface area contributed by atoms with E-state index in [0.29, 0.717) is 0 Å². The third kappa shape index (κ3) is 5.20. The van der Waals surface area contributed by atoms with Gasteiger partial charge in [-0.15, -0.1) is 0 Å². The Hall–Kier alpha value is -3.60. The number of esters is 1. The largest absolute Gasteiger partial charge is 0.462 e. The second-order valence-electron chi connectivity index (χ2n) is 5.51. The Morgan fingerprint density at radius 1 is 1.14 bits per heavy atom.